The summed E-state index contributed by atoms with van der Waals surface area (Å²) < 4.78 is 0. The lowest BCUT2D eigenvalue weighted by Crippen LogP contribution is -2.51. The number of amides is 2. The first-order chi connectivity index (χ1) is 12.5. The fourth-order valence-corrected chi connectivity index (χ4v) is 3.37. The van der Waals surface area contributed by atoms with Gasteiger partial charge in [-0.1, -0.05) is 48.5 Å². The monoisotopic (exact) mass is 350 g/mol. The van der Waals surface area contributed by atoms with Crippen molar-refractivity contribution >= 4 is 17.5 Å². The van der Waals surface area contributed by atoms with E-state index in [1.807, 2.05) is 48.5 Å². The number of carbonyl (C=O) groups excluding carboxylic acids is 2. The smallest absolute Gasteiger partial charge is 0.242 e. The van der Waals surface area contributed by atoms with Gasteiger partial charge in [0.15, 0.2) is 0 Å². The van der Waals surface area contributed by atoms with Gasteiger partial charge in [-0.3, -0.25) is 9.59 Å². The Morgan fingerprint density at radius 2 is 1.73 bits per heavy atom. The Hall–Kier alpha value is -2.62. The second-order valence-corrected chi connectivity index (χ2v) is 7.31. The summed E-state index contributed by atoms with van der Waals surface area (Å²) in [5.74, 6) is -0.358. The average Bonchev–Trinajstić information content (AvgIpc) is 2.67. The number of hydrogen-bond donors (Lipinski definition) is 1. The lowest BCUT2D eigenvalue weighted by Gasteiger charge is -2.35. The number of hydrogen-bond acceptors (Lipinski definition) is 2. The summed E-state index contributed by atoms with van der Waals surface area (Å²) in [6, 6.07) is 18.0. The molecule has 26 heavy (non-hydrogen) atoms. The molecule has 0 unspecified atom stereocenters. The van der Waals surface area contributed by atoms with Crippen LogP contribution < -0.4 is 10.2 Å². The van der Waals surface area contributed by atoms with E-state index in [4.69, 9.17) is 0 Å². The van der Waals surface area contributed by atoms with Crippen molar-refractivity contribution in [3.63, 3.8) is 0 Å². The minimum Gasteiger partial charge on any atom is -0.355 e. The molecule has 0 saturated carbocycles. The molecular formula is C22H26N2O2. The predicted octanol–water partition coefficient (Wildman–Crippen LogP) is 3.35. The first-order valence-electron chi connectivity index (χ1n) is 9.22. The van der Waals surface area contributed by atoms with E-state index in [0.29, 0.717) is 13.1 Å². The molecule has 0 spiro atoms. The molecule has 0 bridgehead atoms. The molecule has 1 aliphatic rings. The maximum absolute atomic E-state index is 13.1. The van der Waals surface area contributed by atoms with Crippen molar-refractivity contribution < 1.29 is 9.59 Å². The molecule has 3 rings (SSSR count). The molecule has 136 valence electrons. The van der Waals surface area contributed by atoms with Crippen molar-refractivity contribution in [1.82, 2.24) is 5.32 Å². The van der Waals surface area contributed by atoms with Crippen LogP contribution in [0.4, 0.5) is 5.69 Å². The molecule has 0 atom stereocenters. The van der Waals surface area contributed by atoms with Crippen LogP contribution in [0.25, 0.3) is 0 Å². The summed E-state index contributed by atoms with van der Waals surface area (Å²) >= 11 is 0. The molecule has 4 nitrogen and oxygen atoms in total. The van der Waals surface area contributed by atoms with Gasteiger partial charge < -0.3 is 10.2 Å². The van der Waals surface area contributed by atoms with E-state index in [0.717, 1.165) is 24.9 Å². The summed E-state index contributed by atoms with van der Waals surface area (Å²) in [4.78, 5) is 27.6. The number of rotatable bonds is 5. The molecule has 1 aliphatic heterocycles. The Labute approximate surface area is 155 Å². The van der Waals surface area contributed by atoms with Gasteiger partial charge in [0.05, 0.1) is 0 Å². The van der Waals surface area contributed by atoms with Gasteiger partial charge in [-0.25, -0.2) is 0 Å². The van der Waals surface area contributed by atoms with Crippen LogP contribution in [-0.2, 0) is 22.4 Å². The zero-order chi connectivity index (χ0) is 18.6. The molecule has 4 heteroatoms. The Bertz CT molecular complexity index is 784. The standard InChI is InChI=1S/C22H26N2O2/c1-22(2,20(25)23-15-14-17-9-4-3-5-10-17)21(26)24-16-8-12-18-11-6-7-13-19(18)24/h3-7,9-11,13H,8,12,14-16H2,1-2H3,(H,23,25). The lowest BCUT2D eigenvalue weighted by atomic mass is 9.88. The second-order valence-electron chi connectivity index (χ2n) is 7.31. The van der Waals surface area contributed by atoms with Gasteiger partial charge in [-0.15, -0.1) is 0 Å². The van der Waals surface area contributed by atoms with Crippen LogP contribution in [0, 0.1) is 5.41 Å². The normalized spacial score (nSPS) is 13.8. The third-order valence-corrected chi connectivity index (χ3v) is 5.00. The van der Waals surface area contributed by atoms with Gasteiger partial charge in [0.25, 0.3) is 0 Å². The second kappa shape index (κ2) is 7.73. The summed E-state index contributed by atoms with van der Waals surface area (Å²) in [6.07, 6.45) is 2.65. The van der Waals surface area contributed by atoms with Gasteiger partial charge in [0, 0.05) is 18.8 Å². The van der Waals surface area contributed by atoms with Crippen molar-refractivity contribution in [3.8, 4) is 0 Å². The highest BCUT2D eigenvalue weighted by atomic mass is 16.2. The number of carbonyl (C=O) groups is 2. The highest BCUT2D eigenvalue weighted by molar-refractivity contribution is 6.11. The highest BCUT2D eigenvalue weighted by Gasteiger charge is 2.40. The SMILES string of the molecule is CC(C)(C(=O)NCCc1ccccc1)C(=O)N1CCCc2ccccc21. The van der Waals surface area contributed by atoms with E-state index in [-0.39, 0.29) is 11.8 Å². The Morgan fingerprint density at radius 3 is 2.50 bits per heavy atom. The van der Waals surface area contributed by atoms with E-state index in [2.05, 4.69) is 11.4 Å². The third-order valence-electron chi connectivity index (χ3n) is 5.00. The molecule has 0 aromatic heterocycles. The van der Waals surface area contributed by atoms with Crippen LogP contribution >= 0.6 is 0 Å². The number of nitrogens with one attached hydrogen (secondary N) is 1. The first kappa shape index (κ1) is 18.2. The van der Waals surface area contributed by atoms with E-state index in [1.54, 1.807) is 18.7 Å². The first-order valence-corrected chi connectivity index (χ1v) is 9.22. The number of aryl methyl sites for hydroxylation is 1. The average molecular weight is 350 g/mol. The van der Waals surface area contributed by atoms with Crippen molar-refractivity contribution in [2.24, 2.45) is 5.41 Å². The van der Waals surface area contributed by atoms with E-state index < -0.39 is 5.41 Å². The third kappa shape index (κ3) is 3.79. The minimum absolute atomic E-state index is 0.137. The molecule has 2 aromatic carbocycles. The van der Waals surface area contributed by atoms with Crippen LogP contribution in [0.5, 0.6) is 0 Å². The van der Waals surface area contributed by atoms with E-state index in [1.165, 1.54) is 11.1 Å². The van der Waals surface area contributed by atoms with Crippen LogP contribution in [0.2, 0.25) is 0 Å². The van der Waals surface area contributed by atoms with Crippen molar-refractivity contribution in [1.29, 1.82) is 0 Å². The molecular weight excluding hydrogens is 324 g/mol. The van der Waals surface area contributed by atoms with Crippen molar-refractivity contribution in [2.45, 2.75) is 33.1 Å². The van der Waals surface area contributed by atoms with E-state index in [9.17, 15) is 9.59 Å². The number of nitrogens with zero attached hydrogens (tertiary/aromatic N) is 1. The molecule has 0 saturated heterocycles. The minimum atomic E-state index is -1.10. The van der Waals surface area contributed by atoms with Crippen molar-refractivity contribution in [3.05, 3.63) is 65.7 Å². The number of anilines is 1. The molecule has 2 amide bonds. The lowest BCUT2D eigenvalue weighted by molar-refractivity contribution is -0.139. The van der Waals surface area contributed by atoms with Gasteiger partial charge in [-0.05, 0) is 50.3 Å². The summed E-state index contributed by atoms with van der Waals surface area (Å²) in [6.45, 7) is 4.61. The number of para-hydroxylation sites is 1. The summed E-state index contributed by atoms with van der Waals surface area (Å²) in [7, 11) is 0. The molecule has 0 fully saturated rings. The largest absolute Gasteiger partial charge is 0.355 e. The maximum Gasteiger partial charge on any atom is 0.242 e. The van der Waals surface area contributed by atoms with Crippen LogP contribution in [-0.4, -0.2) is 24.9 Å². The quantitative estimate of drug-likeness (QED) is 0.841. The molecule has 2 aromatic rings. The molecule has 0 radical (unpaired) electrons. The molecule has 1 heterocycles. The van der Waals surface area contributed by atoms with E-state index >= 15 is 0 Å². The topological polar surface area (TPSA) is 49.4 Å². The fraction of sp³-hybridized carbons (Fsp3) is 0.364. The van der Waals surface area contributed by atoms with Gasteiger partial charge in [0.1, 0.15) is 5.41 Å². The van der Waals surface area contributed by atoms with Crippen LogP contribution in [0.3, 0.4) is 0 Å². The number of benzene rings is 2. The van der Waals surface area contributed by atoms with Crippen LogP contribution in [0.1, 0.15) is 31.4 Å². The Kier molecular flexibility index (Phi) is 5.40. The maximum atomic E-state index is 13.1. The van der Waals surface area contributed by atoms with Crippen LogP contribution in [0.15, 0.2) is 54.6 Å². The van der Waals surface area contributed by atoms with Gasteiger partial charge in [-0.2, -0.15) is 0 Å². The molecule has 0 aliphatic carbocycles. The summed E-state index contributed by atoms with van der Waals surface area (Å²) in [5.41, 5.74) is 2.18. The fourth-order valence-electron chi connectivity index (χ4n) is 3.37. The highest BCUT2D eigenvalue weighted by Crippen LogP contribution is 2.31. The molecule has 1 N–H and O–H groups in total. The summed E-state index contributed by atoms with van der Waals surface area (Å²) in [5, 5.41) is 2.93. The van der Waals surface area contributed by atoms with Crippen molar-refractivity contribution in [2.75, 3.05) is 18.0 Å². The Balaban J connectivity index is 1.65. The zero-order valence-electron chi connectivity index (χ0n) is 15.5. The zero-order valence-corrected chi connectivity index (χ0v) is 15.5. The van der Waals surface area contributed by atoms with Gasteiger partial charge in [0.2, 0.25) is 11.8 Å². The Morgan fingerprint density at radius 1 is 1.04 bits per heavy atom. The predicted molar refractivity (Wildman–Crippen MR) is 104 cm³/mol. The van der Waals surface area contributed by atoms with Gasteiger partial charge >= 0.3 is 0 Å². The number of fused-ring (bicyclic) bond motifs is 1.